The minimum absolute atomic E-state index is 0.0406. The Labute approximate surface area is 123 Å². The maximum Gasteiger partial charge on any atom is 0.308 e. The van der Waals surface area contributed by atoms with Crippen LogP contribution in [0.15, 0.2) is 16.7 Å². The molecule has 0 spiro atoms. The Morgan fingerprint density at radius 2 is 2.14 bits per heavy atom. The first-order valence-electron chi connectivity index (χ1n) is 7.28. The van der Waals surface area contributed by atoms with E-state index in [4.69, 9.17) is 9.15 Å². The van der Waals surface area contributed by atoms with E-state index in [1.807, 2.05) is 6.92 Å². The molecule has 0 aliphatic carbocycles. The second kappa shape index (κ2) is 7.26. The molecule has 1 atom stereocenters. The normalized spacial score (nSPS) is 17.4. The van der Waals surface area contributed by atoms with Gasteiger partial charge in [-0.1, -0.05) is 6.92 Å². The number of hydrogen-bond acceptors (Lipinski definition) is 4. The van der Waals surface area contributed by atoms with Crippen LogP contribution in [0.25, 0.3) is 0 Å². The zero-order valence-corrected chi connectivity index (χ0v) is 12.1. The van der Waals surface area contributed by atoms with Crippen molar-refractivity contribution in [2.45, 2.75) is 26.2 Å². The molecule has 0 aromatic carbocycles. The van der Waals surface area contributed by atoms with E-state index in [2.05, 4.69) is 5.32 Å². The average Bonchev–Trinajstić information content (AvgIpc) is 2.96. The van der Waals surface area contributed by atoms with Gasteiger partial charge in [-0.15, -0.1) is 0 Å². The fourth-order valence-electron chi connectivity index (χ4n) is 2.67. The fourth-order valence-corrected chi connectivity index (χ4v) is 2.67. The van der Waals surface area contributed by atoms with E-state index < -0.39 is 11.9 Å². The highest BCUT2D eigenvalue weighted by Gasteiger charge is 2.30. The molecule has 1 unspecified atom stereocenters. The van der Waals surface area contributed by atoms with Gasteiger partial charge in [-0.3, -0.25) is 9.59 Å². The van der Waals surface area contributed by atoms with Crippen LogP contribution in [-0.2, 0) is 16.0 Å². The van der Waals surface area contributed by atoms with E-state index in [0.29, 0.717) is 32.5 Å². The third-order valence-corrected chi connectivity index (χ3v) is 3.97. The van der Waals surface area contributed by atoms with Gasteiger partial charge in [0.15, 0.2) is 5.76 Å². The van der Waals surface area contributed by atoms with Gasteiger partial charge >= 0.3 is 5.97 Å². The quantitative estimate of drug-likeness (QED) is 0.834. The summed E-state index contributed by atoms with van der Waals surface area (Å²) >= 11 is 0. The number of carbonyl (C=O) groups excluding carboxylic acids is 1. The Bertz CT molecular complexity index is 490. The van der Waals surface area contributed by atoms with E-state index in [9.17, 15) is 14.7 Å². The summed E-state index contributed by atoms with van der Waals surface area (Å²) in [6, 6.07) is 1.75. The summed E-state index contributed by atoms with van der Waals surface area (Å²) in [6.45, 7) is 3.22. The highest BCUT2D eigenvalue weighted by molar-refractivity contribution is 5.93. The largest absolute Gasteiger partial charge is 0.481 e. The van der Waals surface area contributed by atoms with E-state index in [0.717, 1.165) is 5.56 Å². The van der Waals surface area contributed by atoms with Gasteiger partial charge in [0.25, 0.3) is 5.91 Å². The van der Waals surface area contributed by atoms with Crippen molar-refractivity contribution in [3.8, 4) is 0 Å². The summed E-state index contributed by atoms with van der Waals surface area (Å²) < 4.78 is 10.4. The standard InChI is InChI=1S/C15H21NO5/c1-2-10-5-8-21-13(10)14(17)16-9-12(15(18)19)11-3-6-20-7-4-11/h5,8,11-12H,2-4,6-7,9H2,1H3,(H,16,17)(H,18,19). The van der Waals surface area contributed by atoms with Gasteiger partial charge in [0.05, 0.1) is 12.2 Å². The summed E-state index contributed by atoms with van der Waals surface area (Å²) in [5.74, 6) is -1.50. The number of furan rings is 1. The number of aliphatic carboxylic acids is 1. The highest BCUT2D eigenvalue weighted by atomic mass is 16.5. The molecule has 1 aliphatic heterocycles. The zero-order valence-electron chi connectivity index (χ0n) is 12.1. The van der Waals surface area contributed by atoms with Crippen molar-refractivity contribution < 1.29 is 23.8 Å². The first kappa shape index (κ1) is 15.6. The zero-order chi connectivity index (χ0) is 15.2. The minimum Gasteiger partial charge on any atom is -0.481 e. The molecule has 116 valence electrons. The van der Waals surface area contributed by atoms with Crippen LogP contribution in [0.5, 0.6) is 0 Å². The van der Waals surface area contributed by atoms with Gasteiger partial charge in [-0.25, -0.2) is 0 Å². The maximum atomic E-state index is 12.1. The molecule has 6 nitrogen and oxygen atoms in total. The monoisotopic (exact) mass is 295 g/mol. The number of carbonyl (C=O) groups is 2. The summed E-state index contributed by atoms with van der Waals surface area (Å²) in [7, 11) is 0. The fraction of sp³-hybridized carbons (Fsp3) is 0.600. The van der Waals surface area contributed by atoms with Crippen molar-refractivity contribution >= 4 is 11.9 Å². The second-order valence-corrected chi connectivity index (χ2v) is 5.23. The number of ether oxygens (including phenoxy) is 1. The summed E-state index contributed by atoms with van der Waals surface area (Å²) in [5, 5.41) is 12.0. The van der Waals surface area contributed by atoms with Crippen LogP contribution in [0.1, 0.15) is 35.9 Å². The predicted molar refractivity (Wildman–Crippen MR) is 75.1 cm³/mol. The van der Waals surface area contributed by atoms with Crippen LogP contribution in [0, 0.1) is 11.8 Å². The molecule has 1 aromatic rings. The molecule has 1 aliphatic rings. The molecule has 0 saturated carbocycles. The molecule has 0 bridgehead atoms. The van der Waals surface area contributed by atoms with Crippen molar-refractivity contribution in [1.82, 2.24) is 5.32 Å². The van der Waals surface area contributed by atoms with Crippen LogP contribution >= 0.6 is 0 Å². The van der Waals surface area contributed by atoms with Crippen LogP contribution in [-0.4, -0.2) is 36.7 Å². The lowest BCUT2D eigenvalue weighted by molar-refractivity contribution is -0.144. The number of aryl methyl sites for hydroxylation is 1. The molecule has 1 amide bonds. The molecule has 0 radical (unpaired) electrons. The Hall–Kier alpha value is -1.82. The number of rotatable bonds is 6. The Morgan fingerprint density at radius 3 is 2.76 bits per heavy atom. The van der Waals surface area contributed by atoms with Gasteiger partial charge in [-0.2, -0.15) is 0 Å². The van der Waals surface area contributed by atoms with Gasteiger partial charge in [-0.05, 0) is 31.2 Å². The molecule has 2 heterocycles. The molecular weight excluding hydrogens is 274 g/mol. The van der Waals surface area contributed by atoms with Crippen molar-refractivity contribution in [3.63, 3.8) is 0 Å². The first-order valence-corrected chi connectivity index (χ1v) is 7.28. The number of carboxylic acids is 1. The molecule has 21 heavy (non-hydrogen) atoms. The lowest BCUT2D eigenvalue weighted by atomic mass is 9.86. The molecule has 2 N–H and O–H groups in total. The van der Waals surface area contributed by atoms with Crippen molar-refractivity contribution in [2.24, 2.45) is 11.8 Å². The van der Waals surface area contributed by atoms with Crippen LogP contribution in [0.2, 0.25) is 0 Å². The average molecular weight is 295 g/mol. The Kier molecular flexibility index (Phi) is 5.38. The minimum atomic E-state index is -0.877. The second-order valence-electron chi connectivity index (χ2n) is 5.23. The topological polar surface area (TPSA) is 88.8 Å². The number of nitrogens with one attached hydrogen (secondary N) is 1. The maximum absolute atomic E-state index is 12.1. The van der Waals surface area contributed by atoms with E-state index in [1.54, 1.807) is 6.07 Å². The molecule has 1 saturated heterocycles. The molecule has 1 fully saturated rings. The Morgan fingerprint density at radius 1 is 1.43 bits per heavy atom. The van der Waals surface area contributed by atoms with Crippen molar-refractivity contribution in [1.29, 1.82) is 0 Å². The number of amides is 1. The molecular formula is C15H21NO5. The molecule has 6 heteroatoms. The summed E-state index contributed by atoms with van der Waals surface area (Å²) in [5.41, 5.74) is 0.824. The molecule has 1 aromatic heterocycles. The number of hydrogen-bond donors (Lipinski definition) is 2. The summed E-state index contributed by atoms with van der Waals surface area (Å²) in [6.07, 6.45) is 3.60. The van der Waals surface area contributed by atoms with E-state index in [1.165, 1.54) is 6.26 Å². The predicted octanol–water partition coefficient (Wildman–Crippen LogP) is 1.70. The van der Waals surface area contributed by atoms with Crippen molar-refractivity contribution in [2.75, 3.05) is 19.8 Å². The third kappa shape index (κ3) is 3.85. The Balaban J connectivity index is 1.95. The highest BCUT2D eigenvalue weighted by Crippen LogP contribution is 2.24. The third-order valence-electron chi connectivity index (χ3n) is 3.97. The van der Waals surface area contributed by atoms with E-state index >= 15 is 0 Å². The van der Waals surface area contributed by atoms with Gasteiger partial charge in [0, 0.05) is 25.3 Å². The van der Waals surface area contributed by atoms with Crippen LogP contribution in [0.3, 0.4) is 0 Å². The van der Waals surface area contributed by atoms with Gasteiger partial charge in [0.2, 0.25) is 0 Å². The van der Waals surface area contributed by atoms with Gasteiger partial charge in [0.1, 0.15) is 0 Å². The lowest BCUT2D eigenvalue weighted by Gasteiger charge is -2.27. The van der Waals surface area contributed by atoms with Crippen LogP contribution < -0.4 is 5.32 Å². The SMILES string of the molecule is CCc1ccoc1C(=O)NCC(C(=O)O)C1CCOCC1. The first-order chi connectivity index (χ1) is 10.1. The van der Waals surface area contributed by atoms with Crippen molar-refractivity contribution in [3.05, 3.63) is 23.7 Å². The summed E-state index contributed by atoms with van der Waals surface area (Å²) in [4.78, 5) is 23.5. The van der Waals surface area contributed by atoms with E-state index in [-0.39, 0.29) is 24.1 Å². The smallest absolute Gasteiger partial charge is 0.308 e. The number of carboxylic acid groups (broad SMARTS) is 1. The molecule has 2 rings (SSSR count). The van der Waals surface area contributed by atoms with Gasteiger partial charge < -0.3 is 19.6 Å². The van der Waals surface area contributed by atoms with Crippen LogP contribution in [0.4, 0.5) is 0 Å². The lowest BCUT2D eigenvalue weighted by Crippen LogP contribution is -2.39.